The maximum atomic E-state index is 5.70. The molecule has 64 valence electrons. The van der Waals surface area contributed by atoms with Crippen molar-refractivity contribution in [2.75, 3.05) is 6.61 Å². The molecule has 1 saturated carbocycles. The van der Waals surface area contributed by atoms with E-state index in [2.05, 4.69) is 0 Å². The van der Waals surface area contributed by atoms with Crippen molar-refractivity contribution in [3.05, 3.63) is 0 Å². The summed E-state index contributed by atoms with van der Waals surface area (Å²) in [6.45, 7) is 4.60. The van der Waals surface area contributed by atoms with E-state index in [1.165, 1.54) is 0 Å². The fraction of sp³-hybridized carbons (Fsp3) is 1.00. The highest BCUT2D eigenvalue weighted by Gasteiger charge is 2.47. The van der Waals surface area contributed by atoms with Crippen LogP contribution in [0.2, 0.25) is 0 Å². The van der Waals surface area contributed by atoms with Gasteiger partial charge >= 0.3 is 0 Å². The summed E-state index contributed by atoms with van der Waals surface area (Å²) in [6.07, 6.45) is 1.35. The summed E-state index contributed by atoms with van der Waals surface area (Å²) in [4.78, 5) is 0. The Morgan fingerprint density at radius 3 is 2.45 bits per heavy atom. The highest BCUT2D eigenvalue weighted by molar-refractivity contribution is 4.97. The second kappa shape index (κ2) is 2.19. The lowest BCUT2D eigenvalue weighted by Crippen LogP contribution is -2.23. The van der Waals surface area contributed by atoms with E-state index in [4.69, 9.17) is 15.2 Å². The van der Waals surface area contributed by atoms with Crippen molar-refractivity contribution in [2.45, 2.75) is 38.2 Å². The van der Waals surface area contributed by atoms with Gasteiger partial charge in [0, 0.05) is 12.0 Å². The standard InChI is InChI=1S/C8H15NO2/c1-8(2)10-4-7(11-8)5-3-6(5)9/h5-7H,3-4,9H2,1-2H3/t5-,6+,7-/m1/s1. The zero-order valence-corrected chi connectivity index (χ0v) is 7.04. The number of ether oxygens (including phenoxy) is 2. The van der Waals surface area contributed by atoms with Crippen molar-refractivity contribution in [3.63, 3.8) is 0 Å². The van der Waals surface area contributed by atoms with Crippen LogP contribution in [0.4, 0.5) is 0 Å². The van der Waals surface area contributed by atoms with Crippen LogP contribution in [0, 0.1) is 5.92 Å². The molecule has 0 bridgehead atoms. The van der Waals surface area contributed by atoms with Gasteiger partial charge in [0.2, 0.25) is 0 Å². The van der Waals surface area contributed by atoms with Crippen LogP contribution in [0.3, 0.4) is 0 Å². The summed E-state index contributed by atoms with van der Waals surface area (Å²) in [5.74, 6) is 0.171. The lowest BCUT2D eigenvalue weighted by molar-refractivity contribution is -0.140. The highest BCUT2D eigenvalue weighted by Crippen LogP contribution is 2.38. The average molecular weight is 157 g/mol. The summed E-state index contributed by atoms with van der Waals surface area (Å²) in [5, 5.41) is 0. The molecule has 1 aliphatic carbocycles. The molecule has 0 aromatic rings. The summed E-state index contributed by atoms with van der Waals surface area (Å²) < 4.78 is 11.1. The Labute approximate surface area is 66.8 Å². The summed E-state index contributed by atoms with van der Waals surface area (Å²) in [7, 11) is 0. The van der Waals surface area contributed by atoms with Gasteiger partial charge in [-0.15, -0.1) is 0 Å². The molecule has 2 rings (SSSR count). The predicted octanol–water partition coefficient (Wildman–Crippen LogP) is 0.485. The van der Waals surface area contributed by atoms with Crippen molar-refractivity contribution in [1.82, 2.24) is 0 Å². The minimum absolute atomic E-state index is 0.250. The maximum Gasteiger partial charge on any atom is 0.163 e. The predicted molar refractivity (Wildman–Crippen MR) is 41.0 cm³/mol. The van der Waals surface area contributed by atoms with Crippen LogP contribution in [-0.2, 0) is 9.47 Å². The Balaban J connectivity index is 1.90. The number of rotatable bonds is 1. The van der Waals surface area contributed by atoms with Crippen molar-refractivity contribution >= 4 is 0 Å². The lowest BCUT2D eigenvalue weighted by atomic mass is 10.2. The molecule has 2 aliphatic rings. The van der Waals surface area contributed by atoms with E-state index in [0.717, 1.165) is 6.42 Å². The number of hydrogen-bond donors (Lipinski definition) is 1. The van der Waals surface area contributed by atoms with Gasteiger partial charge in [0.1, 0.15) is 0 Å². The second-order valence-electron chi connectivity index (χ2n) is 3.93. The van der Waals surface area contributed by atoms with Crippen LogP contribution in [0.25, 0.3) is 0 Å². The third-order valence-electron chi connectivity index (χ3n) is 2.40. The topological polar surface area (TPSA) is 44.5 Å². The van der Waals surface area contributed by atoms with E-state index in [-0.39, 0.29) is 11.9 Å². The fourth-order valence-corrected chi connectivity index (χ4v) is 1.59. The first-order valence-corrected chi connectivity index (χ1v) is 4.16. The van der Waals surface area contributed by atoms with Gasteiger partial charge in [-0.1, -0.05) is 0 Å². The molecule has 1 saturated heterocycles. The van der Waals surface area contributed by atoms with Crippen LogP contribution in [0.1, 0.15) is 20.3 Å². The molecular weight excluding hydrogens is 142 g/mol. The third kappa shape index (κ3) is 1.41. The molecule has 1 aliphatic heterocycles. The summed E-state index contributed by atoms with van der Waals surface area (Å²) in [5.41, 5.74) is 5.70. The van der Waals surface area contributed by atoms with Gasteiger partial charge in [-0.05, 0) is 20.3 Å². The molecule has 3 heteroatoms. The fourth-order valence-electron chi connectivity index (χ4n) is 1.59. The first kappa shape index (κ1) is 7.53. The van der Waals surface area contributed by atoms with E-state index in [0.29, 0.717) is 18.6 Å². The number of nitrogens with two attached hydrogens (primary N) is 1. The summed E-state index contributed by atoms with van der Waals surface area (Å²) >= 11 is 0. The van der Waals surface area contributed by atoms with E-state index < -0.39 is 0 Å². The van der Waals surface area contributed by atoms with Gasteiger partial charge < -0.3 is 15.2 Å². The Kier molecular flexibility index (Phi) is 1.50. The molecule has 2 fully saturated rings. The van der Waals surface area contributed by atoms with Gasteiger partial charge in [0.25, 0.3) is 0 Å². The van der Waals surface area contributed by atoms with Crippen molar-refractivity contribution in [1.29, 1.82) is 0 Å². The van der Waals surface area contributed by atoms with Gasteiger partial charge in [-0.2, -0.15) is 0 Å². The normalized spacial score (nSPS) is 47.7. The van der Waals surface area contributed by atoms with Crippen LogP contribution < -0.4 is 5.73 Å². The Morgan fingerprint density at radius 2 is 2.09 bits per heavy atom. The molecular formula is C8H15NO2. The van der Waals surface area contributed by atoms with Crippen LogP contribution >= 0.6 is 0 Å². The SMILES string of the molecule is CC1(C)OC[C@H]([C@@H]2C[C@@H]2N)O1. The molecule has 0 aromatic heterocycles. The molecule has 0 amide bonds. The summed E-state index contributed by atoms with van der Waals surface area (Å²) in [6, 6.07) is 0.359. The molecule has 1 heterocycles. The first-order chi connectivity index (χ1) is 5.08. The zero-order valence-electron chi connectivity index (χ0n) is 7.04. The zero-order chi connectivity index (χ0) is 8.06. The van der Waals surface area contributed by atoms with Crippen LogP contribution in [0.15, 0.2) is 0 Å². The number of hydrogen-bond acceptors (Lipinski definition) is 3. The minimum atomic E-state index is -0.382. The highest BCUT2D eigenvalue weighted by atomic mass is 16.7. The van der Waals surface area contributed by atoms with E-state index in [1.54, 1.807) is 0 Å². The van der Waals surface area contributed by atoms with Gasteiger partial charge in [0.15, 0.2) is 5.79 Å². The Hall–Kier alpha value is -0.120. The second-order valence-corrected chi connectivity index (χ2v) is 3.93. The average Bonchev–Trinajstić information content (AvgIpc) is 2.49. The molecule has 3 atom stereocenters. The van der Waals surface area contributed by atoms with Crippen molar-refractivity contribution in [2.24, 2.45) is 11.7 Å². The first-order valence-electron chi connectivity index (χ1n) is 4.16. The molecule has 3 nitrogen and oxygen atoms in total. The Bertz CT molecular complexity index is 169. The molecule has 0 unspecified atom stereocenters. The lowest BCUT2D eigenvalue weighted by Gasteiger charge is -2.16. The van der Waals surface area contributed by atoms with Crippen LogP contribution in [0.5, 0.6) is 0 Å². The van der Waals surface area contributed by atoms with Gasteiger partial charge in [0.05, 0.1) is 12.7 Å². The minimum Gasteiger partial charge on any atom is -0.348 e. The van der Waals surface area contributed by atoms with Crippen molar-refractivity contribution in [3.8, 4) is 0 Å². The van der Waals surface area contributed by atoms with Gasteiger partial charge in [-0.25, -0.2) is 0 Å². The molecule has 11 heavy (non-hydrogen) atoms. The molecule has 0 aromatic carbocycles. The quantitative estimate of drug-likeness (QED) is 0.602. The maximum absolute atomic E-state index is 5.70. The Morgan fingerprint density at radius 1 is 1.45 bits per heavy atom. The molecule has 0 spiro atoms. The monoisotopic (exact) mass is 157 g/mol. The van der Waals surface area contributed by atoms with E-state index >= 15 is 0 Å². The van der Waals surface area contributed by atoms with Crippen LogP contribution in [-0.4, -0.2) is 24.5 Å². The van der Waals surface area contributed by atoms with E-state index in [1.807, 2.05) is 13.8 Å². The van der Waals surface area contributed by atoms with Gasteiger partial charge in [-0.3, -0.25) is 0 Å². The smallest absolute Gasteiger partial charge is 0.163 e. The third-order valence-corrected chi connectivity index (χ3v) is 2.40. The molecule has 0 radical (unpaired) electrons. The van der Waals surface area contributed by atoms with E-state index in [9.17, 15) is 0 Å². The molecule has 2 N–H and O–H groups in total. The largest absolute Gasteiger partial charge is 0.348 e. The van der Waals surface area contributed by atoms with Crippen molar-refractivity contribution < 1.29 is 9.47 Å².